The zero-order valence-electron chi connectivity index (χ0n) is 23.2. The quantitative estimate of drug-likeness (QED) is 0.292. The Morgan fingerprint density at radius 1 is 1.10 bits per heavy atom. The molecule has 0 unspecified atom stereocenters. The zero-order chi connectivity index (χ0) is 29.0. The van der Waals surface area contributed by atoms with Crippen molar-refractivity contribution in [3.05, 3.63) is 57.7 Å². The standard InChI is InChI=1S/C29H33F5N2O3.ClH/c1-7-39-20(37)11-19(36-27(38)26-23-18(12-35-26)28(23,5)6)22-24(30)16(10-17(25(22)31)29(32,33)34)21-14(3)8-13(2)9-15(21)4;/h8-10,18-19,23,26,35H,7,11-12H2,1-6H3,(H,36,38);1H/t18-,19-,23-,26-;/m0./s1. The third kappa shape index (κ3) is 5.70. The second-order valence-electron chi connectivity index (χ2n) is 11.2. The van der Waals surface area contributed by atoms with E-state index in [1.807, 2.05) is 13.8 Å². The van der Waals surface area contributed by atoms with Crippen molar-refractivity contribution in [2.24, 2.45) is 17.3 Å². The number of benzene rings is 2. The van der Waals surface area contributed by atoms with E-state index < -0.39 is 64.9 Å². The van der Waals surface area contributed by atoms with Crippen molar-refractivity contribution in [2.45, 2.75) is 66.2 Å². The molecule has 2 N–H and O–H groups in total. The Kier molecular flexibility index (Phi) is 8.97. The number of nitrogens with one attached hydrogen (secondary N) is 2. The number of aryl methyl sites for hydroxylation is 3. The molecular weight excluding hydrogens is 555 g/mol. The number of carbonyl (C=O) groups excluding carboxylic acids is 2. The molecule has 0 bridgehead atoms. The van der Waals surface area contributed by atoms with Crippen molar-refractivity contribution in [3.63, 3.8) is 0 Å². The number of amides is 1. The molecule has 2 aromatic rings. The van der Waals surface area contributed by atoms with Gasteiger partial charge in [0.15, 0.2) is 0 Å². The van der Waals surface area contributed by atoms with Crippen LogP contribution in [0, 0.1) is 49.7 Å². The molecule has 2 aromatic carbocycles. The summed E-state index contributed by atoms with van der Waals surface area (Å²) in [4.78, 5) is 25.8. The van der Waals surface area contributed by atoms with Crippen LogP contribution in [0.2, 0.25) is 0 Å². The summed E-state index contributed by atoms with van der Waals surface area (Å²) in [7, 11) is 0. The summed E-state index contributed by atoms with van der Waals surface area (Å²) in [6, 6.07) is 1.40. The molecule has 1 amide bonds. The second-order valence-corrected chi connectivity index (χ2v) is 11.2. The fourth-order valence-electron chi connectivity index (χ4n) is 6.30. The molecule has 1 saturated heterocycles. The van der Waals surface area contributed by atoms with Gasteiger partial charge in [0.25, 0.3) is 0 Å². The predicted octanol–water partition coefficient (Wildman–Crippen LogP) is 6.35. The van der Waals surface area contributed by atoms with Gasteiger partial charge in [-0.3, -0.25) is 9.59 Å². The minimum Gasteiger partial charge on any atom is -0.466 e. The lowest BCUT2D eigenvalue weighted by Crippen LogP contribution is -2.46. The highest BCUT2D eigenvalue weighted by Crippen LogP contribution is 2.62. The molecule has 220 valence electrons. The van der Waals surface area contributed by atoms with Crippen LogP contribution in [0.15, 0.2) is 18.2 Å². The van der Waals surface area contributed by atoms with Gasteiger partial charge in [0, 0.05) is 11.1 Å². The maximum absolute atomic E-state index is 16.2. The molecule has 0 aromatic heterocycles. The Morgan fingerprint density at radius 2 is 1.70 bits per heavy atom. The Labute approximate surface area is 236 Å². The third-order valence-corrected chi connectivity index (χ3v) is 8.17. The number of rotatable bonds is 7. The molecule has 2 aliphatic rings. The van der Waals surface area contributed by atoms with Gasteiger partial charge in [-0.05, 0) is 74.2 Å². The molecule has 2 fully saturated rings. The van der Waals surface area contributed by atoms with Crippen molar-refractivity contribution >= 4 is 24.3 Å². The van der Waals surface area contributed by atoms with E-state index in [0.717, 1.165) is 5.56 Å². The Morgan fingerprint density at radius 3 is 2.20 bits per heavy atom. The van der Waals surface area contributed by atoms with Crippen molar-refractivity contribution < 1.29 is 36.3 Å². The van der Waals surface area contributed by atoms with Crippen molar-refractivity contribution in [3.8, 4) is 11.1 Å². The average Bonchev–Trinajstić information content (AvgIpc) is 3.13. The van der Waals surface area contributed by atoms with E-state index in [1.165, 1.54) is 6.92 Å². The molecule has 0 spiro atoms. The normalized spacial score (nSPS) is 21.7. The number of carbonyl (C=O) groups is 2. The number of ether oxygens (including phenoxy) is 1. The number of hydrogen-bond acceptors (Lipinski definition) is 4. The molecule has 1 saturated carbocycles. The summed E-state index contributed by atoms with van der Waals surface area (Å²) in [5.41, 5.74) is -1.27. The molecule has 4 rings (SSSR count). The largest absolute Gasteiger partial charge is 0.466 e. The van der Waals surface area contributed by atoms with Gasteiger partial charge in [-0.2, -0.15) is 13.2 Å². The molecule has 5 nitrogen and oxygen atoms in total. The molecule has 1 aliphatic heterocycles. The Hall–Kier alpha value is -2.72. The molecule has 0 radical (unpaired) electrons. The number of piperidine rings is 1. The maximum atomic E-state index is 16.2. The van der Waals surface area contributed by atoms with Crippen LogP contribution in [-0.4, -0.2) is 31.1 Å². The summed E-state index contributed by atoms with van der Waals surface area (Å²) in [5.74, 6) is -4.49. The monoisotopic (exact) mass is 588 g/mol. The fourth-order valence-corrected chi connectivity index (χ4v) is 6.30. The van der Waals surface area contributed by atoms with E-state index >= 15 is 8.78 Å². The van der Waals surface area contributed by atoms with Gasteiger partial charge in [-0.15, -0.1) is 12.4 Å². The van der Waals surface area contributed by atoms with Crippen LogP contribution in [0.25, 0.3) is 11.1 Å². The lowest BCUT2D eigenvalue weighted by molar-refractivity contribution is -0.144. The van der Waals surface area contributed by atoms with Gasteiger partial charge >= 0.3 is 12.1 Å². The number of esters is 1. The predicted molar refractivity (Wildman–Crippen MR) is 143 cm³/mol. The van der Waals surface area contributed by atoms with E-state index in [1.54, 1.807) is 32.9 Å². The number of hydrogen-bond donors (Lipinski definition) is 2. The zero-order valence-corrected chi connectivity index (χ0v) is 24.0. The number of halogens is 6. The lowest BCUT2D eigenvalue weighted by atomic mass is 9.88. The molecular formula is C29H34ClF5N2O3. The van der Waals surface area contributed by atoms with Gasteiger partial charge in [0.1, 0.15) is 11.6 Å². The molecule has 1 heterocycles. The summed E-state index contributed by atoms with van der Waals surface area (Å²) in [6.07, 6.45) is -5.91. The van der Waals surface area contributed by atoms with E-state index in [0.29, 0.717) is 23.7 Å². The van der Waals surface area contributed by atoms with Gasteiger partial charge in [0.2, 0.25) is 5.91 Å². The molecule has 4 atom stereocenters. The first-order chi connectivity index (χ1) is 18.1. The van der Waals surface area contributed by atoms with Crippen LogP contribution in [0.1, 0.15) is 61.1 Å². The van der Waals surface area contributed by atoms with Crippen LogP contribution < -0.4 is 10.6 Å². The topological polar surface area (TPSA) is 67.4 Å². The van der Waals surface area contributed by atoms with Crippen LogP contribution in [-0.2, 0) is 20.5 Å². The van der Waals surface area contributed by atoms with Crippen LogP contribution in [0.4, 0.5) is 22.0 Å². The SMILES string of the molecule is CCOC(=O)C[C@H](NC(=O)[C@H]1NC[C@H]2[C@@H]1C2(C)C)c1c(F)c(-c2c(C)cc(C)cc2C)cc(C(F)(F)F)c1F.Cl. The number of fused-ring (bicyclic) bond motifs is 1. The summed E-state index contributed by atoms with van der Waals surface area (Å²) >= 11 is 0. The van der Waals surface area contributed by atoms with Gasteiger partial charge in [-0.25, -0.2) is 8.78 Å². The first-order valence-corrected chi connectivity index (χ1v) is 13.0. The minimum atomic E-state index is -5.16. The first-order valence-electron chi connectivity index (χ1n) is 13.0. The second kappa shape index (κ2) is 11.3. The first kappa shape index (κ1) is 31.8. The van der Waals surface area contributed by atoms with E-state index in [-0.39, 0.29) is 41.8 Å². The van der Waals surface area contributed by atoms with Crippen LogP contribution >= 0.6 is 12.4 Å². The highest BCUT2D eigenvalue weighted by molar-refractivity contribution is 5.85. The summed E-state index contributed by atoms with van der Waals surface area (Å²) < 4.78 is 79.0. The highest BCUT2D eigenvalue weighted by atomic mass is 35.5. The van der Waals surface area contributed by atoms with E-state index in [2.05, 4.69) is 10.6 Å². The average molecular weight is 589 g/mol. The van der Waals surface area contributed by atoms with Crippen LogP contribution in [0.5, 0.6) is 0 Å². The highest BCUT2D eigenvalue weighted by Gasteiger charge is 2.65. The van der Waals surface area contributed by atoms with Crippen molar-refractivity contribution in [1.29, 1.82) is 0 Å². The van der Waals surface area contributed by atoms with E-state index in [9.17, 15) is 22.8 Å². The van der Waals surface area contributed by atoms with Gasteiger partial charge in [0.05, 0.1) is 30.7 Å². The van der Waals surface area contributed by atoms with E-state index in [4.69, 9.17) is 4.74 Å². The van der Waals surface area contributed by atoms with Crippen molar-refractivity contribution in [2.75, 3.05) is 13.2 Å². The summed E-state index contributed by atoms with van der Waals surface area (Å²) in [6.45, 7) is 11.1. The smallest absolute Gasteiger partial charge is 0.419 e. The maximum Gasteiger partial charge on any atom is 0.419 e. The molecule has 11 heteroatoms. The molecule has 1 aliphatic carbocycles. The Bertz CT molecular complexity index is 1300. The van der Waals surface area contributed by atoms with Gasteiger partial charge < -0.3 is 15.4 Å². The minimum absolute atomic E-state index is 0. The van der Waals surface area contributed by atoms with Crippen LogP contribution in [0.3, 0.4) is 0 Å². The fraction of sp³-hybridized carbons (Fsp3) is 0.517. The van der Waals surface area contributed by atoms with Gasteiger partial charge in [-0.1, -0.05) is 31.5 Å². The molecule has 40 heavy (non-hydrogen) atoms. The third-order valence-electron chi connectivity index (χ3n) is 8.17. The lowest BCUT2D eigenvalue weighted by Gasteiger charge is -2.26. The Balaban J connectivity index is 0.00000441. The number of alkyl halides is 3. The van der Waals surface area contributed by atoms with Crippen molar-refractivity contribution in [1.82, 2.24) is 10.6 Å². The summed E-state index contributed by atoms with van der Waals surface area (Å²) in [5, 5.41) is 5.56.